The van der Waals surface area contributed by atoms with Crippen LogP contribution in [0.15, 0.2) is 53.6 Å². The first-order valence-electron chi connectivity index (χ1n) is 8.75. The van der Waals surface area contributed by atoms with Crippen molar-refractivity contribution in [1.82, 2.24) is 15.2 Å². The van der Waals surface area contributed by atoms with Gasteiger partial charge in [0.25, 0.3) is 0 Å². The van der Waals surface area contributed by atoms with Crippen molar-refractivity contribution in [1.29, 1.82) is 0 Å². The van der Waals surface area contributed by atoms with E-state index in [9.17, 15) is 4.79 Å². The van der Waals surface area contributed by atoms with Gasteiger partial charge >= 0.3 is 0 Å². The molecule has 29 heavy (non-hydrogen) atoms. The molecule has 0 spiro atoms. The molecular formula is C21H16ClN3O2S2. The number of halogens is 1. The highest BCUT2D eigenvalue weighted by Gasteiger charge is 2.17. The maximum Gasteiger partial charge on any atom is 0.173 e. The highest BCUT2D eigenvalue weighted by atomic mass is 35.5. The molecule has 0 fully saturated rings. The van der Waals surface area contributed by atoms with Crippen molar-refractivity contribution in [3.8, 4) is 17.0 Å². The monoisotopic (exact) mass is 441 g/mol. The van der Waals surface area contributed by atoms with Gasteiger partial charge in [-0.3, -0.25) is 4.79 Å². The number of carbonyl (C=O) groups is 1. The molecule has 4 rings (SSSR count). The van der Waals surface area contributed by atoms with E-state index in [4.69, 9.17) is 16.3 Å². The molecule has 0 aliphatic heterocycles. The minimum Gasteiger partial charge on any atom is -0.497 e. The summed E-state index contributed by atoms with van der Waals surface area (Å²) in [4.78, 5) is 17.1. The van der Waals surface area contributed by atoms with E-state index in [1.54, 1.807) is 42.7 Å². The van der Waals surface area contributed by atoms with Gasteiger partial charge in [0.05, 0.1) is 22.6 Å². The molecule has 4 aromatic rings. The fraction of sp³-hybridized carbons (Fsp3) is 0.143. The highest BCUT2D eigenvalue weighted by molar-refractivity contribution is 8.00. The Hall–Kier alpha value is -2.48. The lowest BCUT2D eigenvalue weighted by molar-refractivity contribution is 0.102. The summed E-state index contributed by atoms with van der Waals surface area (Å²) in [6.07, 6.45) is 0. The Morgan fingerprint density at radius 2 is 1.97 bits per heavy atom. The summed E-state index contributed by atoms with van der Waals surface area (Å²) >= 11 is 8.80. The van der Waals surface area contributed by atoms with E-state index in [-0.39, 0.29) is 11.5 Å². The molecule has 0 saturated carbocycles. The quantitative estimate of drug-likeness (QED) is 0.282. The van der Waals surface area contributed by atoms with Gasteiger partial charge in [-0.1, -0.05) is 35.5 Å². The molecule has 0 saturated heterocycles. The fourth-order valence-electron chi connectivity index (χ4n) is 2.83. The number of thioether (sulfide) groups is 1. The van der Waals surface area contributed by atoms with E-state index >= 15 is 0 Å². The molecular weight excluding hydrogens is 426 g/mol. The standard InChI is InChI=1S/C21H16ClN3O2S2/c1-12-23-19-20(29-12)18(14-4-3-5-16(10-14)27-2)24-25-21(19)28-11-17(26)13-6-8-15(22)9-7-13/h3-10H,11H2,1-2H3. The summed E-state index contributed by atoms with van der Waals surface area (Å²) in [5, 5.41) is 11.0. The Bertz CT molecular complexity index is 1190. The second-order valence-electron chi connectivity index (χ2n) is 6.22. The number of hydrogen-bond acceptors (Lipinski definition) is 7. The lowest BCUT2D eigenvalue weighted by Gasteiger charge is -2.06. The Morgan fingerprint density at radius 3 is 2.72 bits per heavy atom. The Morgan fingerprint density at radius 1 is 1.17 bits per heavy atom. The van der Waals surface area contributed by atoms with Crippen molar-refractivity contribution < 1.29 is 9.53 Å². The molecule has 0 aliphatic rings. The number of carbonyl (C=O) groups excluding carboxylic acids is 1. The van der Waals surface area contributed by atoms with Crippen LogP contribution in [0.25, 0.3) is 21.5 Å². The van der Waals surface area contributed by atoms with Crippen molar-refractivity contribution in [2.75, 3.05) is 12.9 Å². The minimum absolute atomic E-state index is 0.00504. The molecule has 2 heterocycles. The zero-order valence-electron chi connectivity index (χ0n) is 15.7. The zero-order valence-corrected chi connectivity index (χ0v) is 18.1. The summed E-state index contributed by atoms with van der Waals surface area (Å²) in [7, 11) is 1.63. The highest BCUT2D eigenvalue weighted by Crippen LogP contribution is 2.36. The smallest absolute Gasteiger partial charge is 0.173 e. The number of ketones is 1. The van der Waals surface area contributed by atoms with E-state index in [2.05, 4.69) is 15.2 Å². The van der Waals surface area contributed by atoms with Crippen LogP contribution in [0.5, 0.6) is 5.75 Å². The lowest BCUT2D eigenvalue weighted by atomic mass is 10.1. The summed E-state index contributed by atoms with van der Waals surface area (Å²) in [6, 6.07) is 14.6. The summed E-state index contributed by atoms with van der Waals surface area (Å²) in [6.45, 7) is 1.95. The second kappa shape index (κ2) is 8.49. The van der Waals surface area contributed by atoms with Gasteiger partial charge in [0.15, 0.2) is 5.78 Å². The third kappa shape index (κ3) is 4.27. The van der Waals surface area contributed by atoms with E-state index in [1.165, 1.54) is 11.8 Å². The number of Topliss-reactive ketones (excluding diaryl/α,β-unsaturated/α-hetero) is 1. The molecule has 5 nitrogen and oxygen atoms in total. The van der Waals surface area contributed by atoms with Crippen molar-refractivity contribution >= 4 is 50.7 Å². The van der Waals surface area contributed by atoms with Crippen LogP contribution in [-0.4, -0.2) is 33.8 Å². The number of hydrogen-bond donors (Lipinski definition) is 0. The number of aromatic nitrogens is 3. The molecule has 0 amide bonds. The van der Waals surface area contributed by atoms with Crippen LogP contribution in [0.4, 0.5) is 0 Å². The van der Waals surface area contributed by atoms with Crippen LogP contribution in [-0.2, 0) is 0 Å². The normalized spacial score (nSPS) is 11.0. The number of fused-ring (bicyclic) bond motifs is 1. The summed E-state index contributed by atoms with van der Waals surface area (Å²) in [5.41, 5.74) is 3.07. The van der Waals surface area contributed by atoms with Crippen molar-refractivity contribution in [2.45, 2.75) is 11.9 Å². The zero-order chi connectivity index (χ0) is 20.4. The first-order chi connectivity index (χ1) is 14.0. The van der Waals surface area contributed by atoms with Crippen LogP contribution >= 0.6 is 34.7 Å². The van der Waals surface area contributed by atoms with Crippen molar-refractivity contribution in [2.24, 2.45) is 0 Å². The number of methoxy groups -OCH3 is 1. The molecule has 0 unspecified atom stereocenters. The van der Waals surface area contributed by atoms with Gasteiger partial charge in [-0.2, -0.15) is 0 Å². The average Bonchev–Trinajstić information content (AvgIpc) is 3.13. The van der Waals surface area contributed by atoms with Gasteiger partial charge in [-0.15, -0.1) is 21.5 Å². The topological polar surface area (TPSA) is 65.0 Å². The minimum atomic E-state index is 0.00504. The summed E-state index contributed by atoms with van der Waals surface area (Å²) < 4.78 is 6.27. The molecule has 0 N–H and O–H groups in total. The maximum absolute atomic E-state index is 12.5. The first kappa shape index (κ1) is 19.8. The van der Waals surface area contributed by atoms with E-state index in [0.717, 1.165) is 32.2 Å². The Kier molecular flexibility index (Phi) is 5.80. The Balaban J connectivity index is 1.64. The van der Waals surface area contributed by atoms with E-state index < -0.39 is 0 Å². The van der Waals surface area contributed by atoms with Crippen LogP contribution in [0.2, 0.25) is 5.02 Å². The number of benzene rings is 2. The third-order valence-electron chi connectivity index (χ3n) is 4.24. The van der Waals surface area contributed by atoms with Crippen LogP contribution in [0.1, 0.15) is 15.4 Å². The largest absolute Gasteiger partial charge is 0.497 e. The fourth-order valence-corrected chi connectivity index (χ4v) is 4.76. The molecule has 8 heteroatoms. The van der Waals surface area contributed by atoms with Gasteiger partial charge in [0.2, 0.25) is 0 Å². The van der Waals surface area contributed by atoms with Crippen LogP contribution < -0.4 is 4.74 Å². The van der Waals surface area contributed by atoms with Crippen molar-refractivity contribution in [3.05, 3.63) is 64.1 Å². The van der Waals surface area contributed by atoms with Gasteiger partial charge in [-0.05, 0) is 43.3 Å². The third-order valence-corrected chi connectivity index (χ3v) is 6.43. The Labute approximate surface area is 181 Å². The number of thiazole rings is 1. The van der Waals surface area contributed by atoms with Gasteiger partial charge in [0.1, 0.15) is 22.0 Å². The van der Waals surface area contributed by atoms with E-state index in [0.29, 0.717) is 15.6 Å². The summed E-state index contributed by atoms with van der Waals surface area (Å²) in [5.74, 6) is 1.01. The predicted molar refractivity (Wildman–Crippen MR) is 118 cm³/mol. The number of nitrogens with zero attached hydrogens (tertiary/aromatic N) is 3. The lowest BCUT2D eigenvalue weighted by Crippen LogP contribution is -2.03. The second-order valence-corrected chi connectivity index (χ2v) is 8.82. The number of ether oxygens (including phenoxy) is 1. The molecule has 0 bridgehead atoms. The molecule has 146 valence electrons. The molecule has 2 aromatic heterocycles. The van der Waals surface area contributed by atoms with Crippen LogP contribution in [0, 0.1) is 6.92 Å². The number of aryl methyl sites for hydroxylation is 1. The average molecular weight is 442 g/mol. The van der Waals surface area contributed by atoms with Gasteiger partial charge < -0.3 is 4.74 Å². The molecule has 0 radical (unpaired) electrons. The maximum atomic E-state index is 12.5. The van der Waals surface area contributed by atoms with Gasteiger partial charge in [-0.25, -0.2) is 4.98 Å². The molecule has 0 aliphatic carbocycles. The SMILES string of the molecule is COc1cccc(-c2nnc(SCC(=O)c3ccc(Cl)cc3)c3nc(C)sc23)c1. The van der Waals surface area contributed by atoms with E-state index in [1.807, 2.05) is 31.2 Å². The predicted octanol–water partition coefficient (Wildman–Crippen LogP) is 5.70. The molecule has 2 aromatic carbocycles. The van der Waals surface area contributed by atoms with Gasteiger partial charge in [0, 0.05) is 16.1 Å². The first-order valence-corrected chi connectivity index (χ1v) is 10.9. The number of rotatable bonds is 6. The van der Waals surface area contributed by atoms with Crippen LogP contribution in [0.3, 0.4) is 0 Å². The molecule has 0 atom stereocenters. The van der Waals surface area contributed by atoms with Crippen molar-refractivity contribution in [3.63, 3.8) is 0 Å².